The van der Waals surface area contributed by atoms with Crippen molar-refractivity contribution in [2.45, 2.75) is 25.8 Å². The summed E-state index contributed by atoms with van der Waals surface area (Å²) in [4.78, 5) is 5.94. The minimum absolute atomic E-state index is 0.204. The van der Waals surface area contributed by atoms with Gasteiger partial charge < -0.3 is 5.32 Å². The third kappa shape index (κ3) is 2.18. The maximum Gasteiger partial charge on any atom is 0.123 e. The van der Waals surface area contributed by atoms with E-state index in [0.29, 0.717) is 6.04 Å². The van der Waals surface area contributed by atoms with Crippen molar-refractivity contribution in [3.63, 3.8) is 0 Å². The molecule has 1 aromatic heterocycles. The second-order valence-electron chi connectivity index (χ2n) is 4.62. The highest BCUT2D eigenvalue weighted by Crippen LogP contribution is 2.35. The largest absolute Gasteiger partial charge is 0.309 e. The van der Waals surface area contributed by atoms with Crippen molar-refractivity contribution in [1.29, 1.82) is 0 Å². The molecular formula is C14H15FN2S. The molecule has 2 nitrogen and oxygen atoms in total. The van der Waals surface area contributed by atoms with Crippen molar-refractivity contribution >= 4 is 11.3 Å². The molecule has 1 saturated heterocycles. The number of hydrogen-bond donors (Lipinski definition) is 1. The second kappa shape index (κ2) is 4.78. The quantitative estimate of drug-likeness (QED) is 0.893. The molecular weight excluding hydrogens is 247 g/mol. The fraction of sp³-hybridized carbons (Fsp3) is 0.357. The number of halogens is 1. The number of nitrogens with one attached hydrogen (secondary N) is 1. The van der Waals surface area contributed by atoms with E-state index in [1.165, 1.54) is 29.9 Å². The first-order chi connectivity index (χ1) is 8.74. The van der Waals surface area contributed by atoms with E-state index in [9.17, 15) is 4.39 Å². The van der Waals surface area contributed by atoms with Gasteiger partial charge in [0.1, 0.15) is 10.8 Å². The average molecular weight is 262 g/mol. The third-order valence-electron chi connectivity index (χ3n) is 3.30. The Morgan fingerprint density at radius 1 is 1.33 bits per heavy atom. The van der Waals surface area contributed by atoms with Crippen LogP contribution < -0.4 is 5.32 Å². The predicted molar refractivity (Wildman–Crippen MR) is 72.2 cm³/mol. The molecule has 1 aromatic carbocycles. The number of aromatic nitrogens is 1. The van der Waals surface area contributed by atoms with Crippen LogP contribution in [0.15, 0.2) is 24.3 Å². The minimum Gasteiger partial charge on any atom is -0.309 e. The van der Waals surface area contributed by atoms with Crippen LogP contribution in [0, 0.1) is 12.7 Å². The zero-order valence-electron chi connectivity index (χ0n) is 10.2. The first-order valence-electron chi connectivity index (χ1n) is 6.20. The summed E-state index contributed by atoms with van der Waals surface area (Å²) in [6, 6.07) is 7.01. The lowest BCUT2D eigenvalue weighted by molar-refractivity contribution is 0.628. The van der Waals surface area contributed by atoms with Crippen LogP contribution in [0.1, 0.15) is 29.5 Å². The van der Waals surface area contributed by atoms with E-state index in [4.69, 9.17) is 0 Å². The minimum atomic E-state index is -0.204. The standard InChI is InChI=1S/C14H15FN2S/c1-9-13(12-3-2-8-16-12)18-14(17-9)10-4-6-11(15)7-5-10/h4-7,12,16H,2-3,8H2,1H3. The fourth-order valence-electron chi connectivity index (χ4n) is 2.36. The van der Waals surface area contributed by atoms with E-state index in [1.54, 1.807) is 23.5 Å². The van der Waals surface area contributed by atoms with Crippen LogP contribution in [-0.2, 0) is 0 Å². The Morgan fingerprint density at radius 3 is 2.78 bits per heavy atom. The van der Waals surface area contributed by atoms with Crippen LogP contribution in [-0.4, -0.2) is 11.5 Å². The Balaban J connectivity index is 1.94. The highest BCUT2D eigenvalue weighted by Gasteiger charge is 2.21. The molecule has 0 aliphatic carbocycles. The smallest absolute Gasteiger partial charge is 0.123 e. The van der Waals surface area contributed by atoms with Crippen molar-refractivity contribution in [1.82, 2.24) is 10.3 Å². The van der Waals surface area contributed by atoms with E-state index >= 15 is 0 Å². The Kier molecular flexibility index (Phi) is 3.14. The summed E-state index contributed by atoms with van der Waals surface area (Å²) in [6.07, 6.45) is 2.42. The average Bonchev–Trinajstić information content (AvgIpc) is 2.99. The van der Waals surface area contributed by atoms with Gasteiger partial charge >= 0.3 is 0 Å². The van der Waals surface area contributed by atoms with Gasteiger partial charge in [0.2, 0.25) is 0 Å². The molecule has 0 saturated carbocycles. The first kappa shape index (κ1) is 11.8. The summed E-state index contributed by atoms with van der Waals surface area (Å²) in [5.74, 6) is -0.204. The van der Waals surface area contributed by atoms with Crippen molar-refractivity contribution in [3.8, 4) is 10.6 Å². The SMILES string of the molecule is Cc1nc(-c2ccc(F)cc2)sc1C1CCCN1. The number of thiazole rings is 1. The van der Waals surface area contributed by atoms with Crippen LogP contribution in [0.5, 0.6) is 0 Å². The van der Waals surface area contributed by atoms with Gasteiger partial charge in [-0.05, 0) is 50.6 Å². The highest BCUT2D eigenvalue weighted by atomic mass is 32.1. The molecule has 18 heavy (non-hydrogen) atoms. The van der Waals surface area contributed by atoms with Gasteiger partial charge in [-0.1, -0.05) is 0 Å². The first-order valence-corrected chi connectivity index (χ1v) is 7.02. The van der Waals surface area contributed by atoms with Crippen LogP contribution >= 0.6 is 11.3 Å². The summed E-state index contributed by atoms with van der Waals surface area (Å²) < 4.78 is 12.9. The lowest BCUT2D eigenvalue weighted by atomic mass is 10.2. The van der Waals surface area contributed by atoms with Gasteiger partial charge in [-0.25, -0.2) is 9.37 Å². The van der Waals surface area contributed by atoms with Gasteiger partial charge in [0.15, 0.2) is 0 Å². The van der Waals surface area contributed by atoms with Crippen LogP contribution in [0.25, 0.3) is 10.6 Å². The third-order valence-corrected chi connectivity index (χ3v) is 4.62. The zero-order chi connectivity index (χ0) is 12.5. The lowest BCUT2D eigenvalue weighted by Gasteiger charge is -2.07. The molecule has 1 N–H and O–H groups in total. The Hall–Kier alpha value is -1.26. The van der Waals surface area contributed by atoms with Crippen molar-refractivity contribution in [3.05, 3.63) is 40.7 Å². The zero-order valence-corrected chi connectivity index (χ0v) is 11.1. The van der Waals surface area contributed by atoms with Gasteiger partial charge in [0.05, 0.1) is 5.69 Å². The molecule has 0 amide bonds. The summed E-state index contributed by atoms with van der Waals surface area (Å²) in [7, 11) is 0. The van der Waals surface area contributed by atoms with E-state index < -0.39 is 0 Å². The van der Waals surface area contributed by atoms with Gasteiger partial charge in [-0.3, -0.25) is 0 Å². The molecule has 94 valence electrons. The number of rotatable bonds is 2. The number of hydrogen-bond acceptors (Lipinski definition) is 3. The Labute approximate surface area is 110 Å². The van der Waals surface area contributed by atoms with Gasteiger partial charge in [-0.2, -0.15) is 0 Å². The maximum atomic E-state index is 12.9. The summed E-state index contributed by atoms with van der Waals surface area (Å²) in [6.45, 7) is 3.15. The predicted octanol–water partition coefficient (Wildman–Crippen LogP) is 3.68. The molecule has 0 spiro atoms. The van der Waals surface area contributed by atoms with Gasteiger partial charge in [0, 0.05) is 16.5 Å². The van der Waals surface area contributed by atoms with E-state index in [0.717, 1.165) is 22.8 Å². The van der Waals surface area contributed by atoms with E-state index in [-0.39, 0.29) is 5.82 Å². The fourth-order valence-corrected chi connectivity index (χ4v) is 3.54. The van der Waals surface area contributed by atoms with Crippen molar-refractivity contribution in [2.75, 3.05) is 6.54 Å². The summed E-state index contributed by atoms with van der Waals surface area (Å²) >= 11 is 1.72. The second-order valence-corrected chi connectivity index (χ2v) is 5.66. The van der Waals surface area contributed by atoms with Crippen molar-refractivity contribution in [2.24, 2.45) is 0 Å². The molecule has 2 aromatic rings. The molecule has 1 aliphatic heterocycles. The highest BCUT2D eigenvalue weighted by molar-refractivity contribution is 7.15. The molecule has 1 aliphatic rings. The molecule has 4 heteroatoms. The molecule has 0 radical (unpaired) electrons. The topological polar surface area (TPSA) is 24.9 Å². The molecule has 2 heterocycles. The number of nitrogens with zero attached hydrogens (tertiary/aromatic N) is 1. The van der Waals surface area contributed by atoms with Crippen LogP contribution in [0.2, 0.25) is 0 Å². The Bertz CT molecular complexity index is 541. The van der Waals surface area contributed by atoms with E-state index in [2.05, 4.69) is 17.2 Å². The molecule has 1 unspecified atom stereocenters. The molecule has 3 rings (SSSR count). The van der Waals surface area contributed by atoms with Gasteiger partial charge in [0.25, 0.3) is 0 Å². The number of aryl methyl sites for hydroxylation is 1. The summed E-state index contributed by atoms with van der Waals surface area (Å²) in [5.41, 5.74) is 2.09. The normalized spacial score (nSPS) is 19.3. The van der Waals surface area contributed by atoms with Crippen LogP contribution in [0.4, 0.5) is 4.39 Å². The summed E-state index contributed by atoms with van der Waals surface area (Å²) in [5, 5.41) is 4.48. The molecule has 1 fully saturated rings. The molecule has 1 atom stereocenters. The number of benzene rings is 1. The maximum absolute atomic E-state index is 12.9. The molecule has 0 bridgehead atoms. The van der Waals surface area contributed by atoms with Crippen LogP contribution in [0.3, 0.4) is 0 Å². The monoisotopic (exact) mass is 262 g/mol. The van der Waals surface area contributed by atoms with Gasteiger partial charge in [-0.15, -0.1) is 11.3 Å². The Morgan fingerprint density at radius 2 is 2.11 bits per heavy atom. The van der Waals surface area contributed by atoms with E-state index in [1.807, 2.05) is 0 Å². The lowest BCUT2D eigenvalue weighted by Crippen LogP contribution is -2.12. The van der Waals surface area contributed by atoms with Crippen molar-refractivity contribution < 1.29 is 4.39 Å².